The lowest BCUT2D eigenvalue weighted by Gasteiger charge is -2.34. The minimum atomic E-state index is -0.711. The fourth-order valence-corrected chi connectivity index (χ4v) is 7.11. The number of carbonyl (C=O) groups excluding carboxylic acids is 4. The van der Waals surface area contributed by atoms with E-state index in [2.05, 4.69) is 72.8 Å². The van der Waals surface area contributed by atoms with Crippen LogP contribution in [0.3, 0.4) is 0 Å². The summed E-state index contributed by atoms with van der Waals surface area (Å²) >= 11 is 6.14. The molecule has 0 saturated heterocycles. The van der Waals surface area contributed by atoms with E-state index in [0.29, 0.717) is 18.1 Å². The van der Waals surface area contributed by atoms with Crippen LogP contribution in [-0.4, -0.2) is 66.9 Å². The Morgan fingerprint density at radius 1 is 0.559 bits per heavy atom. The lowest BCUT2D eigenvalue weighted by atomic mass is 9.68. The molecule has 0 N–H and O–H groups in total. The van der Waals surface area contributed by atoms with Crippen molar-refractivity contribution in [1.29, 1.82) is 0 Å². The Bertz CT molecular complexity index is 2020. The molecule has 0 aromatic heterocycles. The molecule has 0 bridgehead atoms. The van der Waals surface area contributed by atoms with Crippen molar-refractivity contribution in [1.82, 2.24) is 0 Å². The first kappa shape index (κ1) is 44.7. The van der Waals surface area contributed by atoms with Crippen molar-refractivity contribution < 1.29 is 47.6 Å². The number of hydrogen-bond donors (Lipinski definition) is 0. The first-order valence-electron chi connectivity index (χ1n) is 20.0. The maximum atomic E-state index is 12.5. The molecule has 2 atom stereocenters. The normalized spacial score (nSPS) is 13.9. The largest absolute Gasteiger partial charge is 0.493 e. The highest BCUT2D eigenvalue weighted by Gasteiger charge is 2.46. The second kappa shape index (κ2) is 19.6. The quantitative estimate of drug-likeness (QED) is 0.0480. The van der Waals surface area contributed by atoms with Crippen molar-refractivity contribution in [3.63, 3.8) is 0 Å². The third kappa shape index (κ3) is 12.1. The van der Waals surface area contributed by atoms with Crippen LogP contribution in [0.4, 0.5) is 0 Å². The van der Waals surface area contributed by atoms with E-state index in [4.69, 9.17) is 40.0 Å². The molecule has 11 heteroatoms. The summed E-state index contributed by atoms with van der Waals surface area (Å²) in [4.78, 5) is 48.7. The van der Waals surface area contributed by atoms with E-state index in [-0.39, 0.29) is 50.7 Å². The van der Waals surface area contributed by atoms with Crippen molar-refractivity contribution in [3.8, 4) is 22.6 Å². The molecule has 0 spiro atoms. The number of ether oxygens (including phenoxy) is 6. The van der Waals surface area contributed by atoms with Crippen molar-refractivity contribution in [3.05, 3.63) is 119 Å². The zero-order chi connectivity index (χ0) is 42.8. The van der Waals surface area contributed by atoms with Crippen LogP contribution in [-0.2, 0) is 43.5 Å². The molecule has 0 aliphatic heterocycles. The highest BCUT2D eigenvalue weighted by molar-refractivity contribution is 6.18. The summed E-state index contributed by atoms with van der Waals surface area (Å²) in [5.41, 5.74) is 4.76. The number of rotatable bonds is 18. The third-order valence-electron chi connectivity index (χ3n) is 9.40. The van der Waals surface area contributed by atoms with Gasteiger partial charge in [-0.15, -0.1) is 11.6 Å². The van der Waals surface area contributed by atoms with Crippen LogP contribution in [0.2, 0.25) is 0 Å². The van der Waals surface area contributed by atoms with E-state index < -0.39 is 46.6 Å². The molecule has 0 amide bonds. The third-order valence-corrected chi connectivity index (χ3v) is 9.75. The van der Waals surface area contributed by atoms with Gasteiger partial charge in [0.05, 0.1) is 50.2 Å². The van der Waals surface area contributed by atoms with Crippen LogP contribution < -0.4 is 9.47 Å². The van der Waals surface area contributed by atoms with Crippen LogP contribution in [0.25, 0.3) is 11.1 Å². The molecule has 0 radical (unpaired) electrons. The molecule has 0 fully saturated rings. The summed E-state index contributed by atoms with van der Waals surface area (Å²) in [5, 5.41) is 0. The van der Waals surface area contributed by atoms with Crippen LogP contribution >= 0.6 is 11.6 Å². The number of benzene rings is 4. The fourth-order valence-electron chi connectivity index (χ4n) is 6.96. The Morgan fingerprint density at radius 2 is 0.983 bits per heavy atom. The maximum absolute atomic E-state index is 12.5. The Kier molecular flexibility index (Phi) is 14.9. The number of esters is 4. The summed E-state index contributed by atoms with van der Waals surface area (Å²) in [6.45, 7) is 13.1. The van der Waals surface area contributed by atoms with E-state index in [1.807, 2.05) is 31.2 Å². The smallest absolute Gasteiger partial charge is 0.306 e. The summed E-state index contributed by atoms with van der Waals surface area (Å²) < 4.78 is 33.6. The van der Waals surface area contributed by atoms with Crippen LogP contribution in [0.15, 0.2) is 97.1 Å². The van der Waals surface area contributed by atoms with Gasteiger partial charge in [-0.3, -0.25) is 19.2 Å². The van der Waals surface area contributed by atoms with Crippen LogP contribution in [0.5, 0.6) is 11.5 Å². The van der Waals surface area contributed by atoms with Gasteiger partial charge in [-0.2, -0.15) is 0 Å². The summed E-state index contributed by atoms with van der Waals surface area (Å²) in [7, 11) is 0. The second-order valence-electron chi connectivity index (χ2n) is 16.7. The fraction of sp³-hybridized carbons (Fsp3) is 0.417. The van der Waals surface area contributed by atoms with E-state index >= 15 is 0 Å². The summed E-state index contributed by atoms with van der Waals surface area (Å²) in [6.07, 6.45) is -0.992. The molecule has 5 rings (SSSR count). The van der Waals surface area contributed by atoms with E-state index in [1.165, 1.54) is 0 Å². The zero-order valence-corrected chi connectivity index (χ0v) is 35.8. The Balaban J connectivity index is 1.27. The zero-order valence-electron chi connectivity index (χ0n) is 35.0. The maximum Gasteiger partial charge on any atom is 0.306 e. The van der Waals surface area contributed by atoms with Gasteiger partial charge in [0.2, 0.25) is 0 Å². The lowest BCUT2D eigenvalue weighted by molar-refractivity contribution is -0.159. The Morgan fingerprint density at radius 3 is 1.44 bits per heavy atom. The molecule has 1 aliphatic carbocycles. The van der Waals surface area contributed by atoms with E-state index in [9.17, 15) is 19.2 Å². The highest BCUT2D eigenvalue weighted by atomic mass is 35.5. The van der Waals surface area contributed by atoms with Crippen LogP contribution in [0.1, 0.15) is 96.4 Å². The summed E-state index contributed by atoms with van der Waals surface area (Å²) in [6, 6.07) is 32.9. The van der Waals surface area contributed by atoms with Gasteiger partial charge in [-0.1, -0.05) is 79.7 Å². The van der Waals surface area contributed by atoms with Gasteiger partial charge in [-0.05, 0) is 99.2 Å². The average molecular weight is 827 g/mol. The Hall–Kier alpha value is -5.35. The second-order valence-corrected chi connectivity index (χ2v) is 17.0. The minimum Gasteiger partial charge on any atom is -0.493 e. The van der Waals surface area contributed by atoms with Gasteiger partial charge >= 0.3 is 23.9 Å². The van der Waals surface area contributed by atoms with Crippen molar-refractivity contribution in [2.45, 2.75) is 96.9 Å². The number of carbonyl (C=O) groups is 4. The van der Waals surface area contributed by atoms with E-state index in [1.54, 1.807) is 41.5 Å². The van der Waals surface area contributed by atoms with Crippen molar-refractivity contribution >= 4 is 35.5 Å². The number of hydrogen-bond acceptors (Lipinski definition) is 10. The first-order valence-corrected chi connectivity index (χ1v) is 20.5. The molecule has 0 saturated carbocycles. The standard InChI is InChI=1S/C48H55ClO10/c1-32(30-56-42(50)24-26-44(52)58-46(2,3)4)29-54-35-20-16-33(17-21-35)48(40-14-10-8-12-38(40)39-13-9-11-15-41(39)48)34-18-22-36(23-19-34)55-31-37(28-49)57-43(51)25-27-45(53)59-47(5,6)7/h8-23,32,37H,24-31H2,1-7H3. The molecule has 10 nitrogen and oxygen atoms in total. The van der Waals surface area contributed by atoms with Gasteiger partial charge in [0, 0.05) is 5.92 Å². The van der Waals surface area contributed by atoms with Gasteiger partial charge in [0.25, 0.3) is 0 Å². The SMILES string of the molecule is CC(COC(=O)CCC(=O)OC(C)(C)C)COc1ccc(C2(c3ccc(OCC(CCl)OC(=O)CCC(=O)OC(C)(C)C)cc3)c3ccccc3-c3ccccc32)cc1. The highest BCUT2D eigenvalue weighted by Crippen LogP contribution is 2.56. The molecule has 59 heavy (non-hydrogen) atoms. The monoisotopic (exact) mass is 826 g/mol. The molecule has 314 valence electrons. The average Bonchev–Trinajstić information content (AvgIpc) is 3.49. The van der Waals surface area contributed by atoms with Gasteiger partial charge in [0.1, 0.15) is 35.4 Å². The topological polar surface area (TPSA) is 124 Å². The van der Waals surface area contributed by atoms with Gasteiger partial charge in [-0.25, -0.2) is 0 Å². The molecule has 1 aliphatic rings. The number of alkyl halides is 1. The number of fused-ring (bicyclic) bond motifs is 3. The van der Waals surface area contributed by atoms with Gasteiger partial charge < -0.3 is 28.4 Å². The predicted molar refractivity (Wildman–Crippen MR) is 226 cm³/mol. The summed E-state index contributed by atoms with van der Waals surface area (Å²) in [5.74, 6) is -0.725. The minimum absolute atomic E-state index is 0.0242. The van der Waals surface area contributed by atoms with Gasteiger partial charge in [0.15, 0.2) is 0 Å². The lowest BCUT2D eigenvalue weighted by Crippen LogP contribution is -2.29. The molecular weight excluding hydrogens is 772 g/mol. The molecule has 4 aromatic carbocycles. The predicted octanol–water partition coefficient (Wildman–Crippen LogP) is 9.38. The molecule has 0 heterocycles. The molecular formula is C48H55ClO10. The van der Waals surface area contributed by atoms with Crippen molar-refractivity contribution in [2.24, 2.45) is 5.92 Å². The molecule has 2 unspecified atom stereocenters. The Labute approximate surface area is 352 Å². The van der Waals surface area contributed by atoms with E-state index in [0.717, 1.165) is 33.4 Å². The van der Waals surface area contributed by atoms with Crippen LogP contribution in [0, 0.1) is 5.92 Å². The number of halogens is 1. The molecule has 4 aromatic rings. The first-order chi connectivity index (χ1) is 28.0. The van der Waals surface area contributed by atoms with Crippen molar-refractivity contribution in [2.75, 3.05) is 25.7 Å².